The molecule has 1 amide bonds. The highest BCUT2D eigenvalue weighted by Crippen LogP contribution is 1.96. The number of rotatable bonds is 2. The number of methoxy groups -OCH3 is 1. The third kappa shape index (κ3) is 3.83. The van der Waals surface area contributed by atoms with Crippen molar-refractivity contribution >= 4 is 6.09 Å². The molecule has 0 bridgehead atoms. The van der Waals surface area contributed by atoms with Crippen LogP contribution in [0.15, 0.2) is 0 Å². The molecule has 1 saturated heterocycles. The minimum absolute atomic E-state index is 0.0440. The van der Waals surface area contributed by atoms with Gasteiger partial charge in [0, 0.05) is 7.11 Å². The quantitative estimate of drug-likeness (QED) is 0.650. The highest BCUT2D eigenvalue weighted by molar-refractivity contribution is 5.69. The second-order valence-electron chi connectivity index (χ2n) is 1.90. The van der Waals surface area contributed by atoms with Crippen molar-refractivity contribution in [1.82, 2.24) is 5.32 Å². The zero-order chi connectivity index (χ0) is 8.69. The molecule has 0 radical (unpaired) electrons. The standard InChI is InChI=1S/C5H9NO3.C2H6/c1-8-2-4-3-9-5(7)6-4;1-2/h4H,2-3H2,1H3,(H,6,7);1-2H3. The number of hydrogen-bond acceptors (Lipinski definition) is 3. The minimum Gasteiger partial charge on any atom is -0.447 e. The highest BCUT2D eigenvalue weighted by Gasteiger charge is 2.21. The number of cyclic esters (lactones) is 1. The van der Waals surface area contributed by atoms with Crippen molar-refractivity contribution in [2.75, 3.05) is 20.3 Å². The van der Waals surface area contributed by atoms with Gasteiger partial charge in [-0.05, 0) is 0 Å². The van der Waals surface area contributed by atoms with Gasteiger partial charge in [0.25, 0.3) is 0 Å². The van der Waals surface area contributed by atoms with Gasteiger partial charge in [0.15, 0.2) is 0 Å². The maximum Gasteiger partial charge on any atom is 0.407 e. The van der Waals surface area contributed by atoms with Crippen LogP contribution in [0.4, 0.5) is 4.79 Å². The van der Waals surface area contributed by atoms with Crippen molar-refractivity contribution in [1.29, 1.82) is 0 Å². The summed E-state index contributed by atoms with van der Waals surface area (Å²) < 4.78 is 9.37. The van der Waals surface area contributed by atoms with E-state index in [-0.39, 0.29) is 12.1 Å². The van der Waals surface area contributed by atoms with Gasteiger partial charge in [-0.1, -0.05) is 13.8 Å². The van der Waals surface area contributed by atoms with E-state index < -0.39 is 0 Å². The van der Waals surface area contributed by atoms with Crippen LogP contribution in [0.25, 0.3) is 0 Å². The zero-order valence-electron chi connectivity index (χ0n) is 7.22. The van der Waals surface area contributed by atoms with Crippen LogP contribution in [-0.4, -0.2) is 32.5 Å². The normalized spacial score (nSPS) is 21.4. The average molecular weight is 161 g/mol. The fourth-order valence-corrected chi connectivity index (χ4v) is 0.717. The van der Waals surface area contributed by atoms with Crippen molar-refractivity contribution in [3.8, 4) is 0 Å². The Morgan fingerprint density at radius 1 is 1.73 bits per heavy atom. The molecule has 1 rings (SSSR count). The molecule has 1 fully saturated rings. The van der Waals surface area contributed by atoms with Gasteiger partial charge >= 0.3 is 6.09 Å². The number of hydrogen-bond donors (Lipinski definition) is 1. The number of carbonyl (C=O) groups excluding carboxylic acids is 1. The van der Waals surface area contributed by atoms with Crippen LogP contribution < -0.4 is 5.32 Å². The van der Waals surface area contributed by atoms with Crippen molar-refractivity contribution in [3.05, 3.63) is 0 Å². The number of ether oxygens (including phenoxy) is 2. The molecule has 0 aliphatic carbocycles. The largest absolute Gasteiger partial charge is 0.447 e. The zero-order valence-corrected chi connectivity index (χ0v) is 7.22. The SMILES string of the molecule is CC.COCC1COC(=O)N1. The van der Waals surface area contributed by atoms with Gasteiger partial charge in [0.1, 0.15) is 6.61 Å². The predicted molar refractivity (Wildman–Crippen MR) is 41.5 cm³/mol. The average Bonchev–Trinajstić information content (AvgIpc) is 2.41. The van der Waals surface area contributed by atoms with Gasteiger partial charge < -0.3 is 14.8 Å². The number of alkyl carbamates (subject to hydrolysis) is 1. The van der Waals surface area contributed by atoms with E-state index in [4.69, 9.17) is 4.74 Å². The van der Waals surface area contributed by atoms with Crippen molar-refractivity contribution in [3.63, 3.8) is 0 Å². The fraction of sp³-hybridized carbons (Fsp3) is 0.857. The van der Waals surface area contributed by atoms with Crippen molar-refractivity contribution < 1.29 is 14.3 Å². The van der Waals surface area contributed by atoms with Gasteiger partial charge in [0.2, 0.25) is 0 Å². The van der Waals surface area contributed by atoms with Gasteiger partial charge in [-0.2, -0.15) is 0 Å². The number of carbonyl (C=O) groups is 1. The van der Waals surface area contributed by atoms with Crippen LogP contribution in [0.5, 0.6) is 0 Å². The van der Waals surface area contributed by atoms with E-state index in [2.05, 4.69) is 10.1 Å². The molecule has 0 aromatic carbocycles. The summed E-state index contributed by atoms with van der Waals surface area (Å²) in [5.74, 6) is 0. The van der Waals surface area contributed by atoms with Crippen LogP contribution in [0.2, 0.25) is 0 Å². The molecule has 0 aromatic heterocycles. The smallest absolute Gasteiger partial charge is 0.407 e. The number of amides is 1. The van der Waals surface area contributed by atoms with Crippen molar-refractivity contribution in [2.24, 2.45) is 0 Å². The molecule has 11 heavy (non-hydrogen) atoms. The molecule has 1 aliphatic heterocycles. The lowest BCUT2D eigenvalue weighted by Crippen LogP contribution is -2.30. The molecule has 1 unspecified atom stereocenters. The van der Waals surface area contributed by atoms with Gasteiger partial charge in [0.05, 0.1) is 12.6 Å². The second-order valence-corrected chi connectivity index (χ2v) is 1.90. The Kier molecular flexibility index (Phi) is 5.56. The first-order valence-corrected chi connectivity index (χ1v) is 3.75. The Morgan fingerprint density at radius 3 is 2.73 bits per heavy atom. The Balaban J connectivity index is 0.000000461. The maximum absolute atomic E-state index is 10.3. The van der Waals surface area contributed by atoms with Gasteiger partial charge in [-0.25, -0.2) is 4.79 Å². The molecule has 0 saturated carbocycles. The summed E-state index contributed by atoms with van der Waals surface area (Å²) >= 11 is 0. The Morgan fingerprint density at radius 2 is 2.36 bits per heavy atom. The summed E-state index contributed by atoms with van der Waals surface area (Å²) in [5.41, 5.74) is 0. The molecule has 1 heterocycles. The second kappa shape index (κ2) is 5.97. The molecule has 1 N–H and O–H groups in total. The first kappa shape index (κ1) is 10.2. The lowest BCUT2D eigenvalue weighted by atomic mass is 10.4. The number of nitrogens with one attached hydrogen (secondary N) is 1. The van der Waals surface area contributed by atoms with Crippen molar-refractivity contribution in [2.45, 2.75) is 19.9 Å². The summed E-state index contributed by atoms with van der Waals surface area (Å²) in [7, 11) is 1.59. The summed E-state index contributed by atoms with van der Waals surface area (Å²) in [4.78, 5) is 10.3. The monoisotopic (exact) mass is 161 g/mol. The van der Waals surface area contributed by atoms with Crippen LogP contribution >= 0.6 is 0 Å². The third-order valence-corrected chi connectivity index (χ3v) is 1.11. The lowest BCUT2D eigenvalue weighted by molar-refractivity contribution is 0.156. The molecular weight excluding hydrogens is 146 g/mol. The van der Waals surface area contributed by atoms with Crippen LogP contribution in [0.1, 0.15) is 13.8 Å². The summed E-state index contributed by atoms with van der Waals surface area (Å²) in [5, 5.41) is 2.57. The van der Waals surface area contributed by atoms with Gasteiger partial charge in [-0.3, -0.25) is 0 Å². The highest BCUT2D eigenvalue weighted by atomic mass is 16.6. The first-order chi connectivity index (χ1) is 5.33. The van der Waals surface area contributed by atoms with Crippen LogP contribution in [-0.2, 0) is 9.47 Å². The minimum atomic E-state index is -0.350. The molecule has 4 heteroatoms. The lowest BCUT2D eigenvalue weighted by Gasteiger charge is -2.02. The first-order valence-electron chi connectivity index (χ1n) is 3.75. The van der Waals surface area contributed by atoms with E-state index in [0.29, 0.717) is 13.2 Å². The molecule has 4 nitrogen and oxygen atoms in total. The Hall–Kier alpha value is -0.770. The molecule has 1 aliphatic rings. The molecule has 66 valence electrons. The van der Waals surface area contributed by atoms with Crippen LogP contribution in [0, 0.1) is 0 Å². The maximum atomic E-state index is 10.3. The molecule has 1 atom stereocenters. The predicted octanol–water partition coefficient (Wildman–Crippen LogP) is 0.767. The van der Waals surface area contributed by atoms with E-state index in [1.54, 1.807) is 7.11 Å². The summed E-state index contributed by atoms with van der Waals surface area (Å²) in [6, 6.07) is 0.0440. The summed E-state index contributed by atoms with van der Waals surface area (Å²) in [6.07, 6.45) is -0.350. The topological polar surface area (TPSA) is 47.6 Å². The Labute approximate surface area is 66.9 Å². The van der Waals surface area contributed by atoms with E-state index in [1.165, 1.54) is 0 Å². The van der Waals surface area contributed by atoms with E-state index in [9.17, 15) is 4.79 Å². The summed E-state index contributed by atoms with van der Waals surface area (Å²) in [6.45, 7) is 4.94. The van der Waals surface area contributed by atoms with E-state index >= 15 is 0 Å². The molecule has 0 spiro atoms. The van der Waals surface area contributed by atoms with Crippen LogP contribution in [0.3, 0.4) is 0 Å². The van der Waals surface area contributed by atoms with E-state index in [1.807, 2.05) is 13.8 Å². The fourth-order valence-electron chi connectivity index (χ4n) is 0.717. The third-order valence-electron chi connectivity index (χ3n) is 1.11. The van der Waals surface area contributed by atoms with Gasteiger partial charge in [-0.15, -0.1) is 0 Å². The van der Waals surface area contributed by atoms with E-state index in [0.717, 1.165) is 0 Å². The molecular formula is C7H15NO3. The molecule has 0 aromatic rings. The Bertz CT molecular complexity index is 116.